The van der Waals surface area contributed by atoms with Gasteiger partial charge in [0, 0.05) is 30.4 Å². The number of alkyl carbamates (subject to hydrolysis) is 2. The average Bonchev–Trinajstić information content (AvgIpc) is 2.86. The van der Waals surface area contributed by atoms with Crippen molar-refractivity contribution in [1.82, 2.24) is 16.0 Å². The molecule has 0 saturated heterocycles. The van der Waals surface area contributed by atoms with E-state index in [-0.39, 0.29) is 16.1 Å². The number of nitrogens with one attached hydrogen (secondary N) is 3. The topological polar surface area (TPSA) is 116 Å². The summed E-state index contributed by atoms with van der Waals surface area (Å²) >= 11 is 0. The molecule has 0 fully saturated rings. The minimum atomic E-state index is -0.445. The van der Waals surface area contributed by atoms with Gasteiger partial charge in [0.15, 0.2) is 0 Å². The van der Waals surface area contributed by atoms with Crippen molar-refractivity contribution in [2.75, 3.05) is 72.9 Å². The molecule has 10 nitrogen and oxygen atoms in total. The van der Waals surface area contributed by atoms with Gasteiger partial charge in [0.05, 0.1) is 46.2 Å². The van der Waals surface area contributed by atoms with Crippen molar-refractivity contribution in [2.24, 2.45) is 5.92 Å². The molecule has 0 aliphatic heterocycles. The highest BCUT2D eigenvalue weighted by Gasteiger charge is 2.21. The second-order valence-corrected chi connectivity index (χ2v) is 12.4. The molecule has 38 heavy (non-hydrogen) atoms. The fourth-order valence-electron chi connectivity index (χ4n) is 2.47. The summed E-state index contributed by atoms with van der Waals surface area (Å²) in [6.07, 6.45) is 1.37. The third-order valence-corrected chi connectivity index (χ3v) is 8.18. The maximum Gasteiger partial charge on any atom is 0.407 e. The number of carbonyl (C=O) groups excluding carboxylic acids is 2. The van der Waals surface area contributed by atoms with Crippen molar-refractivity contribution < 1.29 is 33.3 Å². The molecule has 0 aliphatic rings. The summed E-state index contributed by atoms with van der Waals surface area (Å²) in [5.74, 6) is 6.13. The molecular weight excluding hydrogens is 530 g/mol. The molecule has 0 radical (unpaired) electrons. The minimum Gasteiger partial charge on any atom is -0.450 e. The number of rotatable bonds is 22. The molecule has 0 aliphatic carbocycles. The molecule has 0 bridgehead atoms. The van der Waals surface area contributed by atoms with Gasteiger partial charge in [0.1, 0.15) is 5.44 Å². The van der Waals surface area contributed by atoms with E-state index in [4.69, 9.17) is 23.7 Å². The van der Waals surface area contributed by atoms with Gasteiger partial charge in [0.2, 0.25) is 0 Å². The Hall–Kier alpha value is -1.36. The van der Waals surface area contributed by atoms with Crippen LogP contribution in [0.15, 0.2) is 0 Å². The third-order valence-electron chi connectivity index (χ3n) is 4.57. The van der Waals surface area contributed by atoms with E-state index in [9.17, 15) is 9.59 Å². The molecule has 0 heterocycles. The molecule has 1 atom stereocenters. The van der Waals surface area contributed by atoms with E-state index in [0.29, 0.717) is 65.8 Å². The van der Waals surface area contributed by atoms with Crippen LogP contribution in [0.1, 0.15) is 53.9 Å². The van der Waals surface area contributed by atoms with Gasteiger partial charge in [-0.2, -0.15) is 0 Å². The first kappa shape index (κ1) is 36.6. The number of likely N-dealkylation sites (N-methyl/N-ethyl adjacent to an activating group) is 1. The van der Waals surface area contributed by atoms with Crippen molar-refractivity contribution in [3.8, 4) is 11.8 Å². The summed E-state index contributed by atoms with van der Waals surface area (Å²) < 4.78 is 26.9. The van der Waals surface area contributed by atoms with Crippen molar-refractivity contribution >= 4 is 33.8 Å². The Kier molecular flexibility index (Phi) is 23.8. The van der Waals surface area contributed by atoms with Crippen LogP contribution in [0.25, 0.3) is 0 Å². The Morgan fingerprint density at radius 2 is 1.47 bits per heavy atom. The van der Waals surface area contributed by atoms with Crippen molar-refractivity contribution in [1.29, 1.82) is 0 Å². The molecule has 12 heteroatoms. The average molecular weight is 580 g/mol. The van der Waals surface area contributed by atoms with Crippen LogP contribution in [0, 0.1) is 17.8 Å². The maximum absolute atomic E-state index is 11.8. The first-order valence-corrected chi connectivity index (χ1v) is 15.4. The van der Waals surface area contributed by atoms with Crippen LogP contribution in [0.4, 0.5) is 9.59 Å². The molecule has 0 spiro atoms. The van der Waals surface area contributed by atoms with Gasteiger partial charge in [-0.05, 0) is 47.1 Å². The van der Waals surface area contributed by atoms with Crippen LogP contribution in [0.3, 0.4) is 0 Å². The van der Waals surface area contributed by atoms with E-state index in [0.717, 1.165) is 19.4 Å². The molecule has 1 unspecified atom stereocenters. The molecule has 3 N–H and O–H groups in total. The van der Waals surface area contributed by atoms with Crippen LogP contribution in [0.2, 0.25) is 0 Å². The van der Waals surface area contributed by atoms with Crippen molar-refractivity contribution in [3.63, 3.8) is 0 Å². The number of unbranched alkanes of at least 4 members (excludes halogenated alkanes) is 1. The largest absolute Gasteiger partial charge is 0.450 e. The first-order valence-electron chi connectivity index (χ1n) is 13.2. The number of hydrogen-bond donors (Lipinski definition) is 3. The lowest BCUT2D eigenvalue weighted by molar-refractivity contribution is 0.0497. The monoisotopic (exact) mass is 579 g/mol. The summed E-state index contributed by atoms with van der Waals surface area (Å²) in [4.78, 5) is 23.4. The second-order valence-electron chi connectivity index (χ2n) is 9.19. The van der Waals surface area contributed by atoms with E-state index in [1.807, 2.05) is 27.8 Å². The summed E-state index contributed by atoms with van der Waals surface area (Å²) in [5, 5.41) is 8.29. The molecular formula is C26H49N3O7S2. The summed E-state index contributed by atoms with van der Waals surface area (Å²) in [6, 6.07) is 0. The van der Waals surface area contributed by atoms with Gasteiger partial charge in [-0.1, -0.05) is 47.3 Å². The predicted molar refractivity (Wildman–Crippen MR) is 155 cm³/mol. The van der Waals surface area contributed by atoms with Crippen LogP contribution in [-0.2, 0) is 23.7 Å². The van der Waals surface area contributed by atoms with E-state index in [2.05, 4.69) is 41.6 Å². The Morgan fingerprint density at radius 1 is 0.842 bits per heavy atom. The van der Waals surface area contributed by atoms with Crippen molar-refractivity contribution in [2.45, 2.75) is 64.1 Å². The zero-order chi connectivity index (χ0) is 28.5. The maximum atomic E-state index is 11.8. The lowest BCUT2D eigenvalue weighted by atomic mass is 10.1. The number of hydrogen-bond acceptors (Lipinski definition) is 10. The Bertz CT molecular complexity index is 673. The van der Waals surface area contributed by atoms with E-state index < -0.39 is 12.2 Å². The zero-order valence-electron chi connectivity index (χ0n) is 24.0. The number of amides is 2. The molecule has 0 aromatic carbocycles. The lowest BCUT2D eigenvalue weighted by Gasteiger charge is -2.24. The van der Waals surface area contributed by atoms with Crippen LogP contribution in [-0.4, -0.2) is 95.3 Å². The van der Waals surface area contributed by atoms with Gasteiger partial charge >= 0.3 is 12.2 Å². The summed E-state index contributed by atoms with van der Waals surface area (Å²) in [6.45, 7) is 15.1. The van der Waals surface area contributed by atoms with E-state index >= 15 is 0 Å². The molecule has 222 valence electrons. The van der Waals surface area contributed by atoms with Crippen LogP contribution < -0.4 is 16.0 Å². The fraction of sp³-hybridized carbons (Fsp3) is 0.846. The van der Waals surface area contributed by atoms with E-state index in [1.165, 1.54) is 0 Å². The van der Waals surface area contributed by atoms with Crippen LogP contribution >= 0.6 is 21.6 Å². The smallest absolute Gasteiger partial charge is 0.407 e. The van der Waals surface area contributed by atoms with Gasteiger partial charge in [-0.25, -0.2) is 9.59 Å². The highest BCUT2D eigenvalue weighted by molar-refractivity contribution is 8.77. The Balaban J connectivity index is 3.68. The van der Waals surface area contributed by atoms with Gasteiger partial charge in [-0.3, -0.25) is 0 Å². The SMILES string of the molecule is CNCCOCCOCCNC(=O)OCCC(C)(C)SSC(C)OCCCCOC(=O)NCC#CC(C)C. The minimum absolute atomic E-state index is 0.0148. The Morgan fingerprint density at radius 3 is 2.16 bits per heavy atom. The summed E-state index contributed by atoms with van der Waals surface area (Å²) in [5.41, 5.74) is 0.0148. The molecule has 0 saturated carbocycles. The van der Waals surface area contributed by atoms with Gasteiger partial charge in [0.25, 0.3) is 0 Å². The third kappa shape index (κ3) is 26.3. The lowest BCUT2D eigenvalue weighted by Crippen LogP contribution is -2.29. The fourth-order valence-corrected chi connectivity index (χ4v) is 4.79. The molecule has 0 rings (SSSR count). The quantitative estimate of drug-likeness (QED) is 0.0751. The normalized spacial score (nSPS) is 12.0. The predicted octanol–water partition coefficient (Wildman–Crippen LogP) is 4.04. The van der Waals surface area contributed by atoms with E-state index in [1.54, 1.807) is 21.6 Å². The molecule has 0 aromatic rings. The van der Waals surface area contributed by atoms with Crippen molar-refractivity contribution in [3.05, 3.63) is 0 Å². The zero-order valence-corrected chi connectivity index (χ0v) is 25.7. The number of carbonyl (C=O) groups is 2. The van der Waals surface area contributed by atoms with Crippen LogP contribution in [0.5, 0.6) is 0 Å². The summed E-state index contributed by atoms with van der Waals surface area (Å²) in [7, 11) is 5.24. The highest BCUT2D eigenvalue weighted by Crippen LogP contribution is 2.40. The first-order chi connectivity index (χ1) is 18.2. The standard InChI is InChI=1S/C26H49N3O7S2/c1-22(2)10-9-12-28-24(30)35-16-8-7-15-34-23(3)37-38-26(4,5)11-17-36-25(31)29-14-19-33-21-20-32-18-13-27-6/h22-23,27H,7-8,11-21H2,1-6H3,(H,28,30)(H,29,31). The number of ether oxygens (including phenoxy) is 5. The second kappa shape index (κ2) is 24.7. The highest BCUT2D eigenvalue weighted by atomic mass is 33.1. The van der Waals surface area contributed by atoms with Gasteiger partial charge in [-0.15, -0.1) is 0 Å². The molecule has 2 amide bonds. The Labute approximate surface area is 237 Å². The molecule has 0 aromatic heterocycles. The van der Waals surface area contributed by atoms with Gasteiger partial charge < -0.3 is 39.6 Å².